The van der Waals surface area contributed by atoms with Gasteiger partial charge in [0.25, 0.3) is 0 Å². The number of carbonyl (C=O) groups is 1. The van der Waals surface area contributed by atoms with Crippen molar-refractivity contribution in [3.8, 4) is 0 Å². The van der Waals surface area contributed by atoms with Crippen LogP contribution < -0.4 is 0 Å². The Labute approximate surface area is 61.9 Å². The van der Waals surface area contributed by atoms with Gasteiger partial charge in [0.2, 0.25) is 0 Å². The first-order chi connectivity index (χ1) is 4.81. The first kappa shape index (κ1) is 9.21. The molecule has 2 nitrogen and oxygen atoms in total. The molecular formula is C8H14O2. The standard InChI is InChI=1S/C8H14O2/c1-3-5-6-7-8(9)10-4-2/h3H,1,4-7H2,2H3. The second-order valence-electron chi connectivity index (χ2n) is 1.99. The summed E-state index contributed by atoms with van der Waals surface area (Å²) in [6.07, 6.45) is 4.06. The zero-order chi connectivity index (χ0) is 7.82. The van der Waals surface area contributed by atoms with Crippen LogP contribution in [0, 0.1) is 0 Å². The average Bonchev–Trinajstić information content (AvgIpc) is 1.89. The topological polar surface area (TPSA) is 26.3 Å². The van der Waals surface area contributed by atoms with Crippen LogP contribution in [0.25, 0.3) is 0 Å². The van der Waals surface area contributed by atoms with E-state index in [9.17, 15) is 4.79 Å². The fraction of sp³-hybridized carbons (Fsp3) is 0.625. The summed E-state index contributed by atoms with van der Waals surface area (Å²) in [6.45, 7) is 5.84. The van der Waals surface area contributed by atoms with E-state index in [0.29, 0.717) is 13.0 Å². The molecule has 0 aliphatic rings. The highest BCUT2D eigenvalue weighted by molar-refractivity contribution is 5.69. The Morgan fingerprint density at radius 1 is 1.70 bits per heavy atom. The van der Waals surface area contributed by atoms with E-state index in [2.05, 4.69) is 6.58 Å². The Bertz CT molecular complexity index is 108. The molecule has 0 rings (SSSR count). The molecule has 0 atom stereocenters. The average molecular weight is 142 g/mol. The van der Waals surface area contributed by atoms with E-state index in [0.717, 1.165) is 12.8 Å². The third-order valence-corrected chi connectivity index (χ3v) is 1.09. The summed E-state index contributed by atoms with van der Waals surface area (Å²) in [4.78, 5) is 10.7. The molecule has 0 aliphatic carbocycles. The minimum absolute atomic E-state index is 0.107. The van der Waals surface area contributed by atoms with Gasteiger partial charge in [-0.25, -0.2) is 0 Å². The van der Waals surface area contributed by atoms with Gasteiger partial charge in [-0.1, -0.05) is 6.08 Å². The maximum atomic E-state index is 10.7. The molecule has 0 saturated carbocycles. The van der Waals surface area contributed by atoms with Crippen molar-refractivity contribution < 1.29 is 9.53 Å². The minimum atomic E-state index is -0.107. The third-order valence-electron chi connectivity index (χ3n) is 1.09. The van der Waals surface area contributed by atoms with Gasteiger partial charge >= 0.3 is 5.97 Å². The second kappa shape index (κ2) is 6.33. The van der Waals surface area contributed by atoms with Gasteiger partial charge in [-0.15, -0.1) is 6.58 Å². The molecule has 0 aromatic carbocycles. The third kappa shape index (κ3) is 5.35. The molecule has 0 saturated heterocycles. The smallest absolute Gasteiger partial charge is 0.305 e. The Hall–Kier alpha value is -0.790. The Morgan fingerprint density at radius 2 is 2.40 bits per heavy atom. The molecule has 0 radical (unpaired) electrons. The van der Waals surface area contributed by atoms with Crippen molar-refractivity contribution in [2.45, 2.75) is 26.2 Å². The zero-order valence-electron chi connectivity index (χ0n) is 6.43. The van der Waals surface area contributed by atoms with E-state index >= 15 is 0 Å². The van der Waals surface area contributed by atoms with Gasteiger partial charge in [0.15, 0.2) is 0 Å². The van der Waals surface area contributed by atoms with Crippen molar-refractivity contribution in [1.29, 1.82) is 0 Å². The summed E-state index contributed by atoms with van der Waals surface area (Å²) >= 11 is 0. The van der Waals surface area contributed by atoms with Gasteiger partial charge < -0.3 is 4.74 Å². The SMILES string of the molecule is C=CCCCC(=O)OCC. The maximum Gasteiger partial charge on any atom is 0.305 e. The van der Waals surface area contributed by atoms with Crippen LogP contribution in [0.2, 0.25) is 0 Å². The lowest BCUT2D eigenvalue weighted by Gasteiger charge is -1.98. The highest BCUT2D eigenvalue weighted by Gasteiger charge is 1.97. The number of ether oxygens (including phenoxy) is 1. The molecular weight excluding hydrogens is 128 g/mol. The molecule has 10 heavy (non-hydrogen) atoms. The molecule has 58 valence electrons. The lowest BCUT2D eigenvalue weighted by atomic mass is 10.2. The second-order valence-corrected chi connectivity index (χ2v) is 1.99. The maximum absolute atomic E-state index is 10.7. The van der Waals surface area contributed by atoms with Crippen LogP contribution in [0.15, 0.2) is 12.7 Å². The highest BCUT2D eigenvalue weighted by Crippen LogP contribution is 1.97. The number of hydrogen-bond donors (Lipinski definition) is 0. The van der Waals surface area contributed by atoms with Crippen molar-refractivity contribution in [2.75, 3.05) is 6.61 Å². The Kier molecular flexibility index (Phi) is 5.83. The molecule has 2 heteroatoms. The van der Waals surface area contributed by atoms with Crippen molar-refractivity contribution in [3.05, 3.63) is 12.7 Å². The Balaban J connectivity index is 3.13. The quantitative estimate of drug-likeness (QED) is 0.333. The minimum Gasteiger partial charge on any atom is -0.466 e. The molecule has 0 aliphatic heterocycles. The Morgan fingerprint density at radius 3 is 2.90 bits per heavy atom. The van der Waals surface area contributed by atoms with Crippen LogP contribution >= 0.6 is 0 Å². The lowest BCUT2D eigenvalue weighted by molar-refractivity contribution is -0.143. The highest BCUT2D eigenvalue weighted by atomic mass is 16.5. The van der Waals surface area contributed by atoms with Crippen LogP contribution in [0.5, 0.6) is 0 Å². The van der Waals surface area contributed by atoms with E-state index < -0.39 is 0 Å². The first-order valence-electron chi connectivity index (χ1n) is 3.57. The zero-order valence-corrected chi connectivity index (χ0v) is 6.43. The van der Waals surface area contributed by atoms with Gasteiger partial charge in [-0.3, -0.25) is 4.79 Å². The van der Waals surface area contributed by atoms with Crippen molar-refractivity contribution >= 4 is 5.97 Å². The number of unbranched alkanes of at least 4 members (excludes halogenated alkanes) is 1. The fourth-order valence-electron chi connectivity index (χ4n) is 0.624. The monoisotopic (exact) mass is 142 g/mol. The predicted octanol–water partition coefficient (Wildman–Crippen LogP) is 1.91. The number of rotatable bonds is 5. The van der Waals surface area contributed by atoms with Crippen LogP contribution in [-0.4, -0.2) is 12.6 Å². The van der Waals surface area contributed by atoms with Crippen LogP contribution in [-0.2, 0) is 9.53 Å². The molecule has 0 unspecified atom stereocenters. The molecule has 0 aromatic rings. The normalized spacial score (nSPS) is 8.90. The number of allylic oxidation sites excluding steroid dienone is 1. The fourth-order valence-corrected chi connectivity index (χ4v) is 0.624. The van der Waals surface area contributed by atoms with Crippen LogP contribution in [0.4, 0.5) is 0 Å². The summed E-state index contributed by atoms with van der Waals surface area (Å²) < 4.78 is 4.72. The van der Waals surface area contributed by atoms with Gasteiger partial charge in [0.05, 0.1) is 6.61 Å². The summed E-state index contributed by atoms with van der Waals surface area (Å²) in [5.41, 5.74) is 0. The van der Waals surface area contributed by atoms with Gasteiger partial charge in [0.1, 0.15) is 0 Å². The van der Waals surface area contributed by atoms with E-state index in [1.807, 2.05) is 6.92 Å². The predicted molar refractivity (Wildman–Crippen MR) is 40.7 cm³/mol. The molecule has 0 heterocycles. The van der Waals surface area contributed by atoms with Crippen molar-refractivity contribution in [2.24, 2.45) is 0 Å². The number of hydrogen-bond acceptors (Lipinski definition) is 2. The first-order valence-corrected chi connectivity index (χ1v) is 3.57. The van der Waals surface area contributed by atoms with Crippen molar-refractivity contribution in [3.63, 3.8) is 0 Å². The lowest BCUT2D eigenvalue weighted by Crippen LogP contribution is -2.02. The largest absolute Gasteiger partial charge is 0.466 e. The summed E-state index contributed by atoms with van der Waals surface area (Å²) in [5, 5.41) is 0. The number of esters is 1. The molecule has 0 aromatic heterocycles. The van der Waals surface area contributed by atoms with Crippen molar-refractivity contribution in [1.82, 2.24) is 0 Å². The molecule has 0 fully saturated rings. The van der Waals surface area contributed by atoms with Crippen LogP contribution in [0.3, 0.4) is 0 Å². The van der Waals surface area contributed by atoms with Gasteiger partial charge in [-0.05, 0) is 19.8 Å². The summed E-state index contributed by atoms with van der Waals surface area (Å²) in [6, 6.07) is 0. The molecule has 0 spiro atoms. The van der Waals surface area contributed by atoms with E-state index in [4.69, 9.17) is 4.74 Å². The van der Waals surface area contributed by atoms with E-state index in [1.165, 1.54) is 0 Å². The molecule has 0 N–H and O–H groups in total. The van der Waals surface area contributed by atoms with E-state index in [1.54, 1.807) is 6.08 Å². The van der Waals surface area contributed by atoms with Crippen LogP contribution in [0.1, 0.15) is 26.2 Å². The molecule has 0 bridgehead atoms. The summed E-state index contributed by atoms with van der Waals surface area (Å²) in [5.74, 6) is -0.107. The van der Waals surface area contributed by atoms with E-state index in [-0.39, 0.29) is 5.97 Å². The molecule has 0 amide bonds. The summed E-state index contributed by atoms with van der Waals surface area (Å²) in [7, 11) is 0. The van der Waals surface area contributed by atoms with Gasteiger partial charge in [-0.2, -0.15) is 0 Å². The van der Waals surface area contributed by atoms with Gasteiger partial charge in [0, 0.05) is 6.42 Å². The number of carbonyl (C=O) groups excluding carboxylic acids is 1.